The molecule has 1 aromatic carbocycles. The highest BCUT2D eigenvalue weighted by Crippen LogP contribution is 2.23. The number of nitrogens with two attached hydrogens (primary N) is 1. The van der Waals surface area contributed by atoms with E-state index in [2.05, 4.69) is 18.3 Å². The van der Waals surface area contributed by atoms with Crippen molar-refractivity contribution in [2.75, 3.05) is 25.0 Å². The third kappa shape index (κ3) is 3.28. The summed E-state index contributed by atoms with van der Waals surface area (Å²) in [6.45, 7) is 4.24. The zero-order chi connectivity index (χ0) is 14.5. The highest BCUT2D eigenvalue weighted by Gasteiger charge is 2.27. The molecule has 106 valence electrons. The third-order valence-electron chi connectivity index (χ3n) is 3.95. The van der Waals surface area contributed by atoms with Crippen molar-refractivity contribution in [1.82, 2.24) is 4.90 Å². The van der Waals surface area contributed by atoms with E-state index in [0.717, 1.165) is 13.0 Å². The monoisotopic (exact) mass is 272 g/mol. The summed E-state index contributed by atoms with van der Waals surface area (Å²) in [5, 5.41) is 11.7. The van der Waals surface area contributed by atoms with Crippen LogP contribution in [0.4, 0.5) is 10.5 Å². The van der Waals surface area contributed by atoms with Gasteiger partial charge in [-0.25, -0.2) is 4.79 Å². The molecule has 1 fully saturated rings. The zero-order valence-electron chi connectivity index (χ0n) is 11.7. The molecule has 0 saturated carbocycles. The lowest BCUT2D eigenvalue weighted by atomic mass is 9.87. The fourth-order valence-electron chi connectivity index (χ4n) is 2.51. The fraction of sp³-hybridized carbons (Fsp3) is 0.467. The van der Waals surface area contributed by atoms with Crippen molar-refractivity contribution in [2.24, 2.45) is 17.6 Å². The normalized spacial score (nSPS) is 22.1. The Hall–Kier alpha value is -2.06. The van der Waals surface area contributed by atoms with Gasteiger partial charge in [-0.1, -0.05) is 13.0 Å². The van der Waals surface area contributed by atoms with E-state index in [1.54, 1.807) is 29.2 Å². The van der Waals surface area contributed by atoms with Crippen molar-refractivity contribution in [2.45, 2.75) is 13.3 Å². The summed E-state index contributed by atoms with van der Waals surface area (Å²) in [4.78, 5) is 14.0. The van der Waals surface area contributed by atoms with Gasteiger partial charge in [0, 0.05) is 18.8 Å². The number of hydrogen-bond acceptors (Lipinski definition) is 3. The van der Waals surface area contributed by atoms with Crippen LogP contribution in [0.15, 0.2) is 24.3 Å². The van der Waals surface area contributed by atoms with Crippen molar-refractivity contribution in [1.29, 1.82) is 5.26 Å². The summed E-state index contributed by atoms with van der Waals surface area (Å²) >= 11 is 0. The molecule has 5 nitrogen and oxygen atoms in total. The molecule has 20 heavy (non-hydrogen) atoms. The number of rotatable bonds is 2. The van der Waals surface area contributed by atoms with Crippen LogP contribution in [0.25, 0.3) is 0 Å². The van der Waals surface area contributed by atoms with Crippen LogP contribution in [0.3, 0.4) is 0 Å². The van der Waals surface area contributed by atoms with Gasteiger partial charge in [0.15, 0.2) is 0 Å². The van der Waals surface area contributed by atoms with Crippen molar-refractivity contribution < 1.29 is 4.79 Å². The maximum Gasteiger partial charge on any atom is 0.321 e. The summed E-state index contributed by atoms with van der Waals surface area (Å²) < 4.78 is 0. The topological polar surface area (TPSA) is 82.2 Å². The SMILES string of the molecule is CC1CCN(C(=O)Nc2cccc(C#N)c2)CC1CN. The van der Waals surface area contributed by atoms with E-state index >= 15 is 0 Å². The maximum atomic E-state index is 12.2. The highest BCUT2D eigenvalue weighted by atomic mass is 16.2. The molecule has 2 unspecified atom stereocenters. The van der Waals surface area contributed by atoms with Gasteiger partial charge in [0.05, 0.1) is 11.6 Å². The first-order chi connectivity index (χ1) is 9.63. The molecule has 1 aromatic rings. The Kier molecular flexibility index (Phi) is 4.59. The Morgan fingerprint density at radius 3 is 3.10 bits per heavy atom. The predicted octanol–water partition coefficient (Wildman–Crippen LogP) is 2.01. The quantitative estimate of drug-likeness (QED) is 0.864. The molecular formula is C15H20N4O. The summed E-state index contributed by atoms with van der Waals surface area (Å²) in [7, 11) is 0. The number of carbonyl (C=O) groups is 1. The van der Waals surface area contributed by atoms with E-state index in [-0.39, 0.29) is 6.03 Å². The number of nitrogens with one attached hydrogen (secondary N) is 1. The largest absolute Gasteiger partial charge is 0.330 e. The second kappa shape index (κ2) is 6.40. The Morgan fingerprint density at radius 1 is 1.60 bits per heavy atom. The Bertz CT molecular complexity index is 523. The first-order valence-corrected chi connectivity index (χ1v) is 6.90. The molecule has 2 amide bonds. The van der Waals surface area contributed by atoms with Crippen molar-refractivity contribution in [3.63, 3.8) is 0 Å². The minimum atomic E-state index is -0.120. The molecular weight excluding hydrogens is 252 g/mol. The maximum absolute atomic E-state index is 12.2. The van der Waals surface area contributed by atoms with Gasteiger partial charge in [-0.2, -0.15) is 5.26 Å². The van der Waals surface area contributed by atoms with E-state index in [9.17, 15) is 4.79 Å². The van der Waals surface area contributed by atoms with E-state index in [1.165, 1.54) is 0 Å². The van der Waals surface area contributed by atoms with Crippen LogP contribution in [0.2, 0.25) is 0 Å². The molecule has 0 aliphatic carbocycles. The summed E-state index contributed by atoms with van der Waals surface area (Å²) in [5.41, 5.74) is 6.94. The van der Waals surface area contributed by atoms with Crippen LogP contribution < -0.4 is 11.1 Å². The molecule has 3 N–H and O–H groups in total. The molecule has 2 atom stereocenters. The van der Waals surface area contributed by atoms with Crippen LogP contribution in [-0.2, 0) is 0 Å². The summed E-state index contributed by atoms with van der Waals surface area (Å²) in [6.07, 6.45) is 0.980. The zero-order valence-corrected chi connectivity index (χ0v) is 11.7. The molecule has 1 aliphatic rings. The lowest BCUT2D eigenvalue weighted by Crippen LogP contribution is -2.47. The number of benzene rings is 1. The molecule has 1 saturated heterocycles. The van der Waals surface area contributed by atoms with Gasteiger partial charge in [0.2, 0.25) is 0 Å². The average Bonchev–Trinajstić information content (AvgIpc) is 2.47. The van der Waals surface area contributed by atoms with E-state index in [4.69, 9.17) is 11.0 Å². The highest BCUT2D eigenvalue weighted by molar-refractivity contribution is 5.89. The van der Waals surface area contributed by atoms with Gasteiger partial charge in [-0.15, -0.1) is 0 Å². The number of urea groups is 1. The fourth-order valence-corrected chi connectivity index (χ4v) is 2.51. The van der Waals surface area contributed by atoms with Crippen LogP contribution in [0, 0.1) is 23.2 Å². The molecule has 1 aliphatic heterocycles. The molecule has 5 heteroatoms. The summed E-state index contributed by atoms with van der Waals surface area (Å²) in [5.74, 6) is 0.922. The minimum absolute atomic E-state index is 0.120. The number of likely N-dealkylation sites (tertiary alicyclic amines) is 1. The molecule has 0 radical (unpaired) electrons. The molecule has 0 spiro atoms. The standard InChI is InChI=1S/C15H20N4O/c1-11-5-6-19(10-13(11)9-17)15(20)18-14-4-2-3-12(7-14)8-16/h2-4,7,11,13H,5-6,9-10,17H2,1H3,(H,18,20). The smallest absolute Gasteiger partial charge is 0.321 e. The van der Waals surface area contributed by atoms with E-state index in [1.807, 2.05) is 0 Å². The van der Waals surface area contributed by atoms with Gasteiger partial charge in [-0.3, -0.25) is 0 Å². The number of carbonyl (C=O) groups excluding carboxylic acids is 1. The van der Waals surface area contributed by atoms with Gasteiger partial charge in [-0.05, 0) is 43.0 Å². The van der Waals surface area contributed by atoms with Crippen LogP contribution in [0.5, 0.6) is 0 Å². The van der Waals surface area contributed by atoms with E-state index < -0.39 is 0 Å². The first kappa shape index (κ1) is 14.4. The third-order valence-corrected chi connectivity index (χ3v) is 3.95. The average molecular weight is 272 g/mol. The number of hydrogen-bond donors (Lipinski definition) is 2. The Labute approximate surface area is 119 Å². The number of anilines is 1. The predicted molar refractivity (Wildman–Crippen MR) is 78.1 cm³/mol. The second-order valence-corrected chi connectivity index (χ2v) is 5.33. The van der Waals surface area contributed by atoms with Crippen LogP contribution in [0.1, 0.15) is 18.9 Å². The van der Waals surface area contributed by atoms with Crippen molar-refractivity contribution in [3.05, 3.63) is 29.8 Å². The van der Waals surface area contributed by atoms with Gasteiger partial charge >= 0.3 is 6.03 Å². The lowest BCUT2D eigenvalue weighted by molar-refractivity contribution is 0.149. The number of nitrogens with zero attached hydrogens (tertiary/aromatic N) is 2. The van der Waals surface area contributed by atoms with Crippen LogP contribution in [-0.4, -0.2) is 30.6 Å². The molecule has 1 heterocycles. The first-order valence-electron chi connectivity index (χ1n) is 6.90. The summed E-state index contributed by atoms with van der Waals surface area (Å²) in [6, 6.07) is 8.87. The number of nitriles is 1. The van der Waals surface area contributed by atoms with Crippen molar-refractivity contribution in [3.8, 4) is 6.07 Å². The molecule has 0 aromatic heterocycles. The number of piperidine rings is 1. The van der Waals surface area contributed by atoms with Crippen molar-refractivity contribution >= 4 is 11.7 Å². The van der Waals surface area contributed by atoms with Crippen LogP contribution >= 0.6 is 0 Å². The lowest BCUT2D eigenvalue weighted by Gasteiger charge is -2.36. The van der Waals surface area contributed by atoms with Gasteiger partial charge in [0.1, 0.15) is 0 Å². The van der Waals surface area contributed by atoms with E-state index in [0.29, 0.717) is 36.2 Å². The second-order valence-electron chi connectivity index (χ2n) is 5.33. The van der Waals surface area contributed by atoms with Gasteiger partial charge in [0.25, 0.3) is 0 Å². The molecule has 2 rings (SSSR count). The Balaban J connectivity index is 1.99. The number of amides is 2. The minimum Gasteiger partial charge on any atom is -0.330 e. The molecule has 0 bridgehead atoms. The van der Waals surface area contributed by atoms with Gasteiger partial charge < -0.3 is 16.0 Å². The Morgan fingerprint density at radius 2 is 2.40 bits per heavy atom.